The van der Waals surface area contributed by atoms with Crippen LogP contribution in [0.3, 0.4) is 0 Å². The second-order valence-corrected chi connectivity index (χ2v) is 5.50. The minimum atomic E-state index is -0.541. The van der Waals surface area contributed by atoms with E-state index in [1.54, 1.807) is 4.90 Å². The summed E-state index contributed by atoms with van der Waals surface area (Å²) in [6.45, 7) is 8.21. The largest absolute Gasteiger partial charge is 0.328 e. The lowest BCUT2D eigenvalue weighted by Crippen LogP contribution is -2.57. The summed E-state index contributed by atoms with van der Waals surface area (Å²) in [5.74, 6) is 0.428. The smallest absolute Gasteiger partial charge is 0.223 e. The van der Waals surface area contributed by atoms with Crippen molar-refractivity contribution < 1.29 is 4.79 Å². The number of carbonyl (C=O) groups excluding carboxylic acids is 1. The van der Waals surface area contributed by atoms with Gasteiger partial charge in [0.15, 0.2) is 0 Å². The Hall–Kier alpha value is -0.570. The van der Waals surface area contributed by atoms with Gasteiger partial charge in [-0.15, -0.1) is 0 Å². The van der Waals surface area contributed by atoms with Crippen molar-refractivity contribution in [1.29, 1.82) is 0 Å². The van der Waals surface area contributed by atoms with Crippen LogP contribution in [0, 0.1) is 5.92 Å². The lowest BCUT2D eigenvalue weighted by Gasteiger charge is -2.39. The Kier molecular flexibility index (Phi) is 7.44. The lowest BCUT2D eigenvalue weighted by atomic mass is 9.97. The van der Waals surface area contributed by atoms with Crippen LogP contribution in [0.4, 0.5) is 0 Å². The molecule has 0 radical (unpaired) electrons. The van der Waals surface area contributed by atoms with Crippen LogP contribution in [-0.2, 0) is 4.79 Å². The molecule has 102 valence electrons. The highest BCUT2D eigenvalue weighted by molar-refractivity contribution is 5.76. The summed E-state index contributed by atoms with van der Waals surface area (Å²) in [5, 5.41) is 0. The van der Waals surface area contributed by atoms with Crippen molar-refractivity contribution >= 4 is 5.91 Å². The minimum Gasteiger partial charge on any atom is -0.328 e. The number of unbranched alkanes of at least 4 members (excludes halogenated alkanes) is 4. The summed E-state index contributed by atoms with van der Waals surface area (Å²) in [7, 11) is 1.81. The van der Waals surface area contributed by atoms with E-state index < -0.39 is 5.66 Å². The van der Waals surface area contributed by atoms with Gasteiger partial charge in [0.2, 0.25) is 5.91 Å². The molecule has 3 heteroatoms. The molecule has 3 nitrogen and oxygen atoms in total. The molecule has 0 aliphatic heterocycles. The number of amides is 1. The lowest BCUT2D eigenvalue weighted by molar-refractivity contribution is -0.136. The highest BCUT2D eigenvalue weighted by atomic mass is 16.2. The second kappa shape index (κ2) is 7.70. The molecule has 0 heterocycles. The molecule has 0 aliphatic carbocycles. The van der Waals surface area contributed by atoms with Gasteiger partial charge in [0.05, 0.1) is 5.66 Å². The first-order valence-electron chi connectivity index (χ1n) is 6.89. The number of hydrogen-bond acceptors (Lipinski definition) is 2. The number of hydrogen-bond donors (Lipinski definition) is 1. The summed E-state index contributed by atoms with van der Waals surface area (Å²) < 4.78 is 0. The van der Waals surface area contributed by atoms with Crippen molar-refractivity contribution in [3.63, 3.8) is 0 Å². The molecule has 0 fully saturated rings. The topological polar surface area (TPSA) is 46.3 Å². The molecular weight excluding hydrogens is 212 g/mol. The van der Waals surface area contributed by atoms with E-state index in [4.69, 9.17) is 5.73 Å². The van der Waals surface area contributed by atoms with Crippen LogP contribution >= 0.6 is 0 Å². The fourth-order valence-corrected chi connectivity index (χ4v) is 1.70. The third kappa shape index (κ3) is 5.53. The fraction of sp³-hybridized carbons (Fsp3) is 0.929. The SMILES string of the molecule is CCCCCCCC(=O)N(C)C(C)(N)C(C)C. The van der Waals surface area contributed by atoms with Crippen LogP contribution in [0.15, 0.2) is 0 Å². The minimum absolute atomic E-state index is 0.167. The Labute approximate surface area is 107 Å². The van der Waals surface area contributed by atoms with Crippen molar-refractivity contribution in [2.45, 2.75) is 71.9 Å². The second-order valence-electron chi connectivity index (χ2n) is 5.50. The Morgan fingerprint density at radius 3 is 2.24 bits per heavy atom. The van der Waals surface area contributed by atoms with Crippen molar-refractivity contribution in [3.05, 3.63) is 0 Å². The van der Waals surface area contributed by atoms with Gasteiger partial charge in [-0.2, -0.15) is 0 Å². The summed E-state index contributed by atoms with van der Waals surface area (Å²) in [5.41, 5.74) is 5.62. The van der Waals surface area contributed by atoms with Crippen LogP contribution in [-0.4, -0.2) is 23.5 Å². The van der Waals surface area contributed by atoms with Gasteiger partial charge in [-0.3, -0.25) is 4.79 Å². The van der Waals surface area contributed by atoms with Gasteiger partial charge in [0.25, 0.3) is 0 Å². The summed E-state index contributed by atoms with van der Waals surface area (Å²) >= 11 is 0. The number of nitrogens with zero attached hydrogens (tertiary/aromatic N) is 1. The Morgan fingerprint density at radius 2 is 1.76 bits per heavy atom. The van der Waals surface area contributed by atoms with Crippen LogP contribution in [0.1, 0.15) is 66.2 Å². The molecule has 0 spiro atoms. The summed E-state index contributed by atoms with van der Waals surface area (Å²) in [6, 6.07) is 0. The van der Waals surface area contributed by atoms with Gasteiger partial charge >= 0.3 is 0 Å². The molecule has 17 heavy (non-hydrogen) atoms. The van der Waals surface area contributed by atoms with Gasteiger partial charge in [-0.1, -0.05) is 46.5 Å². The summed E-state index contributed by atoms with van der Waals surface area (Å²) in [6.07, 6.45) is 6.50. The van der Waals surface area contributed by atoms with Gasteiger partial charge in [-0.25, -0.2) is 0 Å². The molecule has 0 aliphatic rings. The molecule has 0 bridgehead atoms. The number of carbonyl (C=O) groups is 1. The average Bonchev–Trinajstić information content (AvgIpc) is 2.27. The standard InChI is InChI=1S/C14H30N2O/c1-6-7-8-9-10-11-13(17)16(5)14(4,15)12(2)3/h12H,6-11,15H2,1-5H3. The zero-order chi connectivity index (χ0) is 13.5. The van der Waals surface area contributed by atoms with Gasteiger partial charge in [-0.05, 0) is 19.3 Å². The van der Waals surface area contributed by atoms with Crippen LogP contribution < -0.4 is 5.73 Å². The van der Waals surface area contributed by atoms with E-state index in [9.17, 15) is 4.79 Å². The molecule has 0 saturated carbocycles. The molecule has 0 aromatic carbocycles. The first kappa shape index (κ1) is 16.4. The number of nitrogens with two attached hydrogens (primary N) is 1. The normalized spacial score (nSPS) is 14.8. The molecule has 1 unspecified atom stereocenters. The molecule has 0 rings (SSSR count). The van der Waals surface area contributed by atoms with Crippen LogP contribution in [0.2, 0.25) is 0 Å². The summed E-state index contributed by atoms with van der Waals surface area (Å²) in [4.78, 5) is 13.7. The molecule has 1 amide bonds. The van der Waals surface area contributed by atoms with E-state index in [1.807, 2.05) is 27.8 Å². The van der Waals surface area contributed by atoms with E-state index in [0.717, 1.165) is 12.8 Å². The zero-order valence-corrected chi connectivity index (χ0v) is 12.3. The quantitative estimate of drug-likeness (QED) is 0.525. The molecule has 1 atom stereocenters. The fourth-order valence-electron chi connectivity index (χ4n) is 1.70. The highest BCUT2D eigenvalue weighted by Crippen LogP contribution is 2.18. The maximum atomic E-state index is 12.0. The van der Waals surface area contributed by atoms with E-state index in [-0.39, 0.29) is 11.8 Å². The molecule has 0 aromatic heterocycles. The maximum Gasteiger partial charge on any atom is 0.223 e. The van der Waals surface area contributed by atoms with Crippen LogP contribution in [0.5, 0.6) is 0 Å². The molecule has 0 saturated heterocycles. The first-order chi connectivity index (χ1) is 7.84. The van der Waals surface area contributed by atoms with Gasteiger partial charge < -0.3 is 10.6 Å². The average molecular weight is 242 g/mol. The van der Waals surface area contributed by atoms with E-state index in [2.05, 4.69) is 6.92 Å². The Bertz CT molecular complexity index is 224. The van der Waals surface area contributed by atoms with E-state index in [0.29, 0.717) is 6.42 Å². The van der Waals surface area contributed by atoms with Gasteiger partial charge in [0, 0.05) is 13.5 Å². The van der Waals surface area contributed by atoms with Crippen molar-refractivity contribution in [2.75, 3.05) is 7.05 Å². The van der Waals surface area contributed by atoms with Gasteiger partial charge in [0.1, 0.15) is 0 Å². The van der Waals surface area contributed by atoms with E-state index >= 15 is 0 Å². The first-order valence-corrected chi connectivity index (χ1v) is 6.89. The Morgan fingerprint density at radius 1 is 1.24 bits per heavy atom. The third-order valence-electron chi connectivity index (χ3n) is 3.76. The highest BCUT2D eigenvalue weighted by Gasteiger charge is 2.30. The Balaban J connectivity index is 3.98. The molecule has 2 N–H and O–H groups in total. The monoisotopic (exact) mass is 242 g/mol. The van der Waals surface area contributed by atoms with Crippen LogP contribution in [0.25, 0.3) is 0 Å². The predicted octanol–water partition coefficient (Wildman–Crippen LogP) is 3.14. The van der Waals surface area contributed by atoms with Crippen molar-refractivity contribution in [2.24, 2.45) is 11.7 Å². The van der Waals surface area contributed by atoms with Crippen molar-refractivity contribution in [3.8, 4) is 0 Å². The molecular formula is C14H30N2O. The van der Waals surface area contributed by atoms with Crippen molar-refractivity contribution in [1.82, 2.24) is 4.90 Å². The number of rotatable bonds is 8. The maximum absolute atomic E-state index is 12.0. The van der Waals surface area contributed by atoms with E-state index in [1.165, 1.54) is 19.3 Å². The molecule has 0 aromatic rings. The zero-order valence-electron chi connectivity index (χ0n) is 12.3. The predicted molar refractivity (Wildman–Crippen MR) is 73.6 cm³/mol. The third-order valence-corrected chi connectivity index (χ3v) is 3.76.